The molecule has 0 bridgehead atoms. The van der Waals surface area contributed by atoms with Gasteiger partial charge in [0.25, 0.3) is 10.1 Å². The van der Waals surface area contributed by atoms with Gasteiger partial charge >= 0.3 is 0 Å². The quantitative estimate of drug-likeness (QED) is 0.200. The van der Waals surface area contributed by atoms with Gasteiger partial charge in [0.15, 0.2) is 0 Å². The molecule has 0 aromatic rings. The lowest BCUT2D eigenvalue weighted by Gasteiger charge is -2.09. The molecule has 0 aromatic carbocycles. The van der Waals surface area contributed by atoms with Gasteiger partial charge in [-0.1, -0.05) is 96.8 Å². The molecule has 0 heterocycles. The molecule has 4 nitrogen and oxygen atoms in total. The van der Waals surface area contributed by atoms with E-state index >= 15 is 0 Å². The average molecular weight is 393 g/mol. The lowest BCUT2D eigenvalue weighted by atomic mass is 10.0. The van der Waals surface area contributed by atoms with Gasteiger partial charge in [0, 0.05) is 0 Å². The molecule has 0 aromatic heterocycles. The monoisotopic (exact) mass is 392 g/mol. The second kappa shape index (κ2) is 17.0. The lowest BCUT2D eigenvalue weighted by molar-refractivity contribution is 0.148. The Morgan fingerprint density at radius 1 is 0.654 bits per heavy atom. The predicted molar refractivity (Wildman–Crippen MR) is 111 cm³/mol. The van der Waals surface area contributed by atoms with Crippen molar-refractivity contribution in [2.75, 3.05) is 0 Å². The van der Waals surface area contributed by atoms with Crippen LogP contribution in [0, 0.1) is 0 Å². The lowest BCUT2D eigenvalue weighted by Crippen LogP contribution is -2.16. The second-order valence-corrected chi connectivity index (χ2v) is 9.78. The van der Waals surface area contributed by atoms with Gasteiger partial charge in [-0.15, -0.1) is 0 Å². The van der Waals surface area contributed by atoms with E-state index < -0.39 is 15.4 Å². The van der Waals surface area contributed by atoms with Crippen LogP contribution in [0.1, 0.15) is 123 Å². The van der Waals surface area contributed by atoms with Crippen molar-refractivity contribution in [3.8, 4) is 0 Å². The predicted octanol–water partition coefficient (Wildman–Crippen LogP) is 6.28. The molecule has 0 saturated heterocycles. The van der Waals surface area contributed by atoms with Gasteiger partial charge in [0.05, 0.1) is 11.4 Å². The van der Waals surface area contributed by atoms with Crippen molar-refractivity contribution in [2.24, 2.45) is 0 Å². The maximum absolute atomic E-state index is 10.9. The SMILES string of the molecule is CCCCC(O)CCCCCCCCCCCCCCC(C)S(=O)(=O)O. The van der Waals surface area contributed by atoms with E-state index in [-0.39, 0.29) is 6.10 Å². The first-order chi connectivity index (χ1) is 12.4. The van der Waals surface area contributed by atoms with Gasteiger partial charge in [-0.05, 0) is 26.2 Å². The maximum atomic E-state index is 10.9. The Morgan fingerprint density at radius 3 is 1.38 bits per heavy atom. The highest BCUT2D eigenvalue weighted by molar-refractivity contribution is 7.86. The first kappa shape index (κ1) is 25.9. The van der Waals surface area contributed by atoms with Crippen LogP contribution in [0.25, 0.3) is 0 Å². The van der Waals surface area contributed by atoms with Crippen molar-refractivity contribution in [3.05, 3.63) is 0 Å². The molecule has 0 rings (SSSR count). The smallest absolute Gasteiger partial charge is 0.267 e. The molecule has 0 aliphatic heterocycles. The van der Waals surface area contributed by atoms with E-state index in [9.17, 15) is 13.5 Å². The zero-order valence-electron chi connectivity index (χ0n) is 17.3. The van der Waals surface area contributed by atoms with Crippen molar-refractivity contribution >= 4 is 10.1 Å². The molecule has 0 radical (unpaired) electrons. The first-order valence-corrected chi connectivity index (χ1v) is 12.5. The largest absolute Gasteiger partial charge is 0.393 e. The molecular formula is C21H44O4S. The van der Waals surface area contributed by atoms with E-state index in [4.69, 9.17) is 4.55 Å². The van der Waals surface area contributed by atoms with Crippen LogP contribution in [-0.4, -0.2) is 29.4 Å². The van der Waals surface area contributed by atoms with Crippen molar-refractivity contribution in [3.63, 3.8) is 0 Å². The molecule has 2 atom stereocenters. The maximum Gasteiger partial charge on any atom is 0.267 e. The Balaban J connectivity index is 3.20. The number of hydrogen-bond acceptors (Lipinski definition) is 3. The zero-order valence-corrected chi connectivity index (χ0v) is 18.1. The summed E-state index contributed by atoms with van der Waals surface area (Å²) in [5.41, 5.74) is 0. The highest BCUT2D eigenvalue weighted by Gasteiger charge is 2.15. The average Bonchev–Trinajstić information content (AvgIpc) is 2.59. The molecule has 0 fully saturated rings. The third-order valence-corrected chi connectivity index (χ3v) is 6.55. The Labute approximate surface area is 162 Å². The van der Waals surface area contributed by atoms with E-state index in [1.54, 1.807) is 6.92 Å². The van der Waals surface area contributed by atoms with Gasteiger partial charge in [0.1, 0.15) is 0 Å². The van der Waals surface area contributed by atoms with Gasteiger partial charge < -0.3 is 5.11 Å². The minimum absolute atomic E-state index is 0.0776. The van der Waals surface area contributed by atoms with Crippen molar-refractivity contribution in [2.45, 2.75) is 134 Å². The third-order valence-electron chi connectivity index (χ3n) is 5.30. The molecule has 0 amide bonds. The molecule has 0 aliphatic carbocycles. The van der Waals surface area contributed by atoms with Gasteiger partial charge in [-0.2, -0.15) is 8.42 Å². The number of hydrogen-bond donors (Lipinski definition) is 2. The highest BCUT2D eigenvalue weighted by Crippen LogP contribution is 2.15. The third kappa shape index (κ3) is 17.3. The molecule has 2 unspecified atom stereocenters. The summed E-state index contributed by atoms with van der Waals surface area (Å²) in [6.45, 7) is 3.74. The first-order valence-electron chi connectivity index (χ1n) is 11.0. The molecule has 5 heteroatoms. The van der Waals surface area contributed by atoms with E-state index in [0.29, 0.717) is 6.42 Å². The van der Waals surface area contributed by atoms with Crippen LogP contribution in [-0.2, 0) is 10.1 Å². The Kier molecular flexibility index (Phi) is 16.9. The standard InChI is InChI=1S/C21H44O4S/c1-3-4-18-21(22)19-16-14-12-10-8-6-5-7-9-11-13-15-17-20(2)26(23,24)25/h20-22H,3-19H2,1-2H3,(H,23,24,25). The summed E-state index contributed by atoms with van der Waals surface area (Å²) in [4.78, 5) is 0. The molecule has 26 heavy (non-hydrogen) atoms. The minimum Gasteiger partial charge on any atom is -0.393 e. The van der Waals surface area contributed by atoms with Crippen LogP contribution in [0.3, 0.4) is 0 Å². The van der Waals surface area contributed by atoms with Gasteiger partial charge in [-0.25, -0.2) is 0 Å². The minimum atomic E-state index is -3.84. The zero-order chi connectivity index (χ0) is 19.7. The summed E-state index contributed by atoms with van der Waals surface area (Å²) in [5.74, 6) is 0. The molecule has 0 spiro atoms. The Morgan fingerprint density at radius 2 is 1.00 bits per heavy atom. The van der Waals surface area contributed by atoms with Crippen molar-refractivity contribution < 1.29 is 18.1 Å². The highest BCUT2D eigenvalue weighted by atomic mass is 32.2. The van der Waals surface area contributed by atoms with Crippen LogP contribution in [0.4, 0.5) is 0 Å². The summed E-state index contributed by atoms with van der Waals surface area (Å²) in [5, 5.41) is 9.16. The number of aliphatic hydroxyl groups excluding tert-OH is 1. The van der Waals surface area contributed by atoms with Crippen LogP contribution in [0.15, 0.2) is 0 Å². The van der Waals surface area contributed by atoms with Gasteiger partial charge in [-0.3, -0.25) is 4.55 Å². The van der Waals surface area contributed by atoms with Crippen LogP contribution in [0.2, 0.25) is 0 Å². The summed E-state index contributed by atoms with van der Waals surface area (Å²) < 4.78 is 30.7. The van der Waals surface area contributed by atoms with E-state index in [1.165, 1.54) is 70.6 Å². The summed E-state index contributed by atoms with van der Waals surface area (Å²) in [7, 11) is -3.84. The summed E-state index contributed by atoms with van der Waals surface area (Å²) >= 11 is 0. The van der Waals surface area contributed by atoms with Crippen molar-refractivity contribution in [1.29, 1.82) is 0 Å². The van der Waals surface area contributed by atoms with Crippen molar-refractivity contribution in [1.82, 2.24) is 0 Å². The van der Waals surface area contributed by atoms with Gasteiger partial charge in [0.2, 0.25) is 0 Å². The summed E-state index contributed by atoms with van der Waals surface area (Å²) in [6.07, 6.45) is 19.3. The fraction of sp³-hybridized carbons (Fsp3) is 1.00. The van der Waals surface area contributed by atoms with Crippen LogP contribution < -0.4 is 0 Å². The van der Waals surface area contributed by atoms with E-state index in [1.807, 2.05) is 0 Å². The molecule has 0 aliphatic rings. The normalized spacial score (nSPS) is 14.5. The second-order valence-electron chi connectivity index (χ2n) is 7.94. The van der Waals surface area contributed by atoms with E-state index in [0.717, 1.165) is 32.1 Å². The Hall–Kier alpha value is -0.130. The van der Waals surface area contributed by atoms with Crippen LogP contribution >= 0.6 is 0 Å². The number of unbranched alkanes of at least 4 members (excludes halogenated alkanes) is 12. The topological polar surface area (TPSA) is 74.6 Å². The molecular weight excluding hydrogens is 348 g/mol. The fourth-order valence-electron chi connectivity index (χ4n) is 3.31. The number of aliphatic hydroxyl groups is 1. The fourth-order valence-corrected chi connectivity index (χ4v) is 3.78. The molecule has 0 saturated carbocycles. The summed E-state index contributed by atoms with van der Waals surface area (Å²) in [6, 6.07) is 0. The Bertz CT molecular complexity index is 395. The molecule has 158 valence electrons. The van der Waals surface area contributed by atoms with E-state index in [2.05, 4.69) is 6.92 Å². The van der Waals surface area contributed by atoms with Crippen LogP contribution in [0.5, 0.6) is 0 Å². The number of rotatable bonds is 19. The molecule has 2 N–H and O–H groups in total.